The number of para-hydroxylation sites is 1. The lowest BCUT2D eigenvalue weighted by molar-refractivity contribution is -0.133. The molecule has 0 bridgehead atoms. The Morgan fingerprint density at radius 3 is 2.35 bits per heavy atom. The number of amides is 1. The summed E-state index contributed by atoms with van der Waals surface area (Å²) in [6.07, 6.45) is 5.08. The predicted molar refractivity (Wildman–Crippen MR) is 135 cm³/mol. The summed E-state index contributed by atoms with van der Waals surface area (Å²) in [6.45, 7) is 2.28. The van der Waals surface area contributed by atoms with Crippen LogP contribution in [0.25, 0.3) is 0 Å². The molecule has 194 valence electrons. The molecule has 37 heavy (non-hydrogen) atoms. The van der Waals surface area contributed by atoms with Crippen LogP contribution in [0, 0.1) is 26.2 Å². The Balaban J connectivity index is 1.92. The van der Waals surface area contributed by atoms with Gasteiger partial charge in [0.25, 0.3) is 11.5 Å². The number of nitrogens with zero attached hydrogens (tertiary/aromatic N) is 2. The number of H-pyrrole nitrogens is 1. The van der Waals surface area contributed by atoms with Gasteiger partial charge in [0.1, 0.15) is 17.5 Å². The highest BCUT2D eigenvalue weighted by Crippen LogP contribution is 2.25. The predicted octanol–water partition coefficient (Wildman–Crippen LogP) is 1.53. The Morgan fingerprint density at radius 1 is 1.14 bits per heavy atom. The summed E-state index contributed by atoms with van der Waals surface area (Å²) < 4.78 is 34.2. The van der Waals surface area contributed by atoms with Crippen LogP contribution in [0.15, 0.2) is 69.1 Å². The number of nitrogens with one attached hydrogen (secondary N) is 2. The smallest absolute Gasteiger partial charge is 0.328 e. The molecule has 0 spiro atoms. The van der Waals surface area contributed by atoms with Crippen molar-refractivity contribution in [3.05, 3.63) is 86.7 Å². The lowest BCUT2D eigenvalue weighted by Crippen LogP contribution is -2.50. The van der Waals surface area contributed by atoms with E-state index in [9.17, 15) is 28.0 Å². The largest absolute Gasteiger partial charge is 0.457 e. The molecule has 11 nitrogen and oxygen atoms in total. The number of hydroxylamine groups is 1. The molecule has 3 rings (SSSR count). The van der Waals surface area contributed by atoms with Gasteiger partial charge in [0.15, 0.2) is 0 Å². The molecule has 2 aromatic carbocycles. The Hall–Kier alpha value is -4.18. The molecule has 1 aromatic heterocycles. The summed E-state index contributed by atoms with van der Waals surface area (Å²) in [5.74, 6) is 2.08. The normalized spacial score (nSPS) is 12.1. The van der Waals surface area contributed by atoms with E-state index in [0.717, 1.165) is 8.87 Å². The summed E-state index contributed by atoms with van der Waals surface area (Å²) in [4.78, 5) is 39.8. The topological polar surface area (TPSA) is 151 Å². The van der Waals surface area contributed by atoms with E-state index in [1.54, 1.807) is 31.2 Å². The molecule has 0 aliphatic rings. The molecule has 0 saturated heterocycles. The highest BCUT2D eigenvalue weighted by molar-refractivity contribution is 7.89. The molecule has 0 aliphatic heterocycles. The minimum atomic E-state index is -4.36. The number of hydrogen-bond acceptors (Lipinski definition) is 7. The number of aromatic nitrogens is 2. The van der Waals surface area contributed by atoms with Gasteiger partial charge in [0.05, 0.1) is 11.4 Å². The monoisotopic (exact) mass is 526 g/mol. The highest BCUT2D eigenvalue weighted by atomic mass is 32.2. The van der Waals surface area contributed by atoms with Gasteiger partial charge in [-0.05, 0) is 56.7 Å². The third-order valence-corrected chi connectivity index (χ3v) is 7.58. The van der Waals surface area contributed by atoms with Crippen molar-refractivity contribution in [1.82, 2.24) is 19.3 Å². The first-order valence-corrected chi connectivity index (χ1v) is 12.6. The molecule has 0 aliphatic carbocycles. The number of hydrogen-bond donors (Lipinski definition) is 3. The van der Waals surface area contributed by atoms with Crippen molar-refractivity contribution in [1.29, 1.82) is 0 Å². The van der Waals surface area contributed by atoms with Crippen molar-refractivity contribution in [2.75, 3.05) is 6.54 Å². The van der Waals surface area contributed by atoms with E-state index >= 15 is 0 Å². The van der Waals surface area contributed by atoms with E-state index in [1.165, 1.54) is 36.7 Å². The first-order valence-electron chi connectivity index (χ1n) is 11.1. The summed E-state index contributed by atoms with van der Waals surface area (Å²) in [7, 11) is -4.36. The second-order valence-corrected chi connectivity index (χ2v) is 9.95. The lowest BCUT2D eigenvalue weighted by atomic mass is 10.2. The van der Waals surface area contributed by atoms with Gasteiger partial charge in [0.2, 0.25) is 10.0 Å². The number of aryl methyl sites for hydroxylation is 1. The third kappa shape index (κ3) is 6.15. The van der Waals surface area contributed by atoms with E-state index < -0.39 is 39.8 Å². The van der Waals surface area contributed by atoms with Gasteiger partial charge in [-0.2, -0.15) is 4.31 Å². The van der Waals surface area contributed by atoms with Crippen molar-refractivity contribution in [3.63, 3.8) is 0 Å². The Morgan fingerprint density at radius 2 is 1.76 bits per heavy atom. The number of sulfonamides is 1. The molecule has 1 amide bonds. The molecule has 3 N–H and O–H groups in total. The molecule has 0 radical (unpaired) electrons. The van der Waals surface area contributed by atoms with E-state index in [1.807, 2.05) is 6.07 Å². The number of rotatable bonds is 10. The van der Waals surface area contributed by atoms with Crippen molar-refractivity contribution in [3.8, 4) is 23.8 Å². The van der Waals surface area contributed by atoms with Crippen LogP contribution in [0.4, 0.5) is 0 Å². The standard InChI is InChI=1S/C25H26N4O7S/c1-4-15-29(22(23(30)27-33)14-16-28-24(31)17(2)18(3)26-25(28)32)37(34,35)21-12-10-20(11-13-21)36-19-8-6-5-7-9-19/h1,5-13,22,33H,14-16H2,2-3H3,(H,26,32)(H,27,30). The zero-order chi connectivity index (χ0) is 27.2. The Labute approximate surface area is 213 Å². The van der Waals surface area contributed by atoms with Gasteiger partial charge >= 0.3 is 5.69 Å². The number of aromatic amines is 1. The molecule has 1 heterocycles. The van der Waals surface area contributed by atoms with Crippen LogP contribution in [-0.4, -0.2) is 46.0 Å². The van der Waals surface area contributed by atoms with Crippen LogP contribution in [0.1, 0.15) is 17.7 Å². The molecular formula is C25H26N4O7S. The number of carbonyl (C=O) groups is 1. The average Bonchev–Trinajstić information content (AvgIpc) is 2.89. The van der Waals surface area contributed by atoms with Crippen LogP contribution >= 0.6 is 0 Å². The van der Waals surface area contributed by atoms with E-state index in [-0.39, 0.29) is 17.9 Å². The van der Waals surface area contributed by atoms with Gasteiger partial charge in [-0.3, -0.25) is 19.4 Å². The number of benzene rings is 2. The molecular weight excluding hydrogens is 500 g/mol. The van der Waals surface area contributed by atoms with Crippen LogP contribution in [0.5, 0.6) is 11.5 Å². The van der Waals surface area contributed by atoms with Crippen LogP contribution in [0.2, 0.25) is 0 Å². The van der Waals surface area contributed by atoms with Gasteiger partial charge in [-0.25, -0.2) is 18.7 Å². The number of ether oxygens (including phenoxy) is 1. The summed E-state index contributed by atoms with van der Waals surface area (Å²) in [6, 6.07) is 12.8. The molecule has 12 heteroatoms. The Kier molecular flexibility index (Phi) is 8.67. The summed E-state index contributed by atoms with van der Waals surface area (Å²) in [5, 5.41) is 9.30. The van der Waals surface area contributed by atoms with Crippen LogP contribution in [-0.2, 0) is 21.4 Å². The minimum absolute atomic E-state index is 0.180. The molecule has 1 atom stereocenters. The second kappa shape index (κ2) is 11.7. The molecule has 3 aromatic rings. The van der Waals surface area contributed by atoms with E-state index in [0.29, 0.717) is 22.8 Å². The maximum atomic E-state index is 13.5. The maximum absolute atomic E-state index is 13.5. The van der Waals surface area contributed by atoms with Crippen molar-refractivity contribution in [2.45, 2.75) is 37.8 Å². The first-order chi connectivity index (χ1) is 17.6. The first kappa shape index (κ1) is 27.4. The molecule has 0 fully saturated rings. The zero-order valence-electron chi connectivity index (χ0n) is 20.2. The Bertz CT molecular complexity index is 1520. The zero-order valence-corrected chi connectivity index (χ0v) is 21.0. The van der Waals surface area contributed by atoms with Gasteiger partial charge in [0, 0.05) is 17.8 Å². The van der Waals surface area contributed by atoms with Crippen molar-refractivity contribution >= 4 is 15.9 Å². The lowest BCUT2D eigenvalue weighted by Gasteiger charge is -2.28. The molecule has 0 saturated carbocycles. The van der Waals surface area contributed by atoms with Crippen LogP contribution < -0.4 is 21.5 Å². The number of terminal acetylenes is 1. The fourth-order valence-corrected chi connectivity index (χ4v) is 5.14. The SMILES string of the molecule is C#CCN(C(CCn1c(=O)[nH]c(C)c(C)c1=O)C(=O)NO)S(=O)(=O)c1ccc(Oc2ccccc2)cc1. The quantitative estimate of drug-likeness (QED) is 0.206. The van der Waals surface area contributed by atoms with Crippen molar-refractivity contribution < 1.29 is 23.2 Å². The van der Waals surface area contributed by atoms with Crippen LogP contribution in [0.3, 0.4) is 0 Å². The fourth-order valence-electron chi connectivity index (χ4n) is 3.60. The maximum Gasteiger partial charge on any atom is 0.328 e. The molecule has 1 unspecified atom stereocenters. The van der Waals surface area contributed by atoms with Gasteiger partial charge < -0.3 is 9.72 Å². The van der Waals surface area contributed by atoms with Crippen molar-refractivity contribution in [2.24, 2.45) is 0 Å². The summed E-state index contributed by atoms with van der Waals surface area (Å²) >= 11 is 0. The van der Waals surface area contributed by atoms with E-state index in [2.05, 4.69) is 10.9 Å². The summed E-state index contributed by atoms with van der Waals surface area (Å²) in [5.41, 5.74) is 0.848. The second-order valence-electron chi connectivity index (χ2n) is 8.06. The van der Waals surface area contributed by atoms with Gasteiger partial charge in [-0.15, -0.1) is 6.42 Å². The fraction of sp³-hybridized carbons (Fsp3) is 0.240. The highest BCUT2D eigenvalue weighted by Gasteiger charge is 2.35. The third-order valence-electron chi connectivity index (χ3n) is 5.71. The number of carbonyl (C=O) groups excluding carboxylic acids is 1. The van der Waals surface area contributed by atoms with Gasteiger partial charge in [-0.1, -0.05) is 24.1 Å². The minimum Gasteiger partial charge on any atom is -0.457 e. The average molecular weight is 527 g/mol. The van der Waals surface area contributed by atoms with E-state index in [4.69, 9.17) is 11.2 Å².